The normalized spacial score (nSPS) is 15.0. The number of carbonyl (C=O) groups is 1. The highest BCUT2D eigenvalue weighted by atomic mass is 32.2. The van der Waals surface area contributed by atoms with Crippen LogP contribution in [0.5, 0.6) is 0 Å². The average Bonchev–Trinajstić information content (AvgIpc) is 3.32. The van der Waals surface area contributed by atoms with E-state index >= 15 is 0 Å². The van der Waals surface area contributed by atoms with Crippen LogP contribution in [-0.4, -0.2) is 19.9 Å². The highest BCUT2D eigenvalue weighted by Gasteiger charge is 2.31. The molecule has 5 rings (SSSR count). The van der Waals surface area contributed by atoms with Crippen LogP contribution >= 0.6 is 0 Å². The number of hydrogen-bond donors (Lipinski definition) is 1. The minimum Gasteiger partial charge on any atom is -0.309 e. The minimum absolute atomic E-state index is 0.141. The van der Waals surface area contributed by atoms with E-state index in [1.165, 1.54) is 0 Å². The van der Waals surface area contributed by atoms with Crippen molar-refractivity contribution in [3.05, 3.63) is 113 Å². The molecule has 0 spiro atoms. The number of hydrogen-bond acceptors (Lipinski definition) is 3. The quantitative estimate of drug-likeness (QED) is 0.488. The van der Waals surface area contributed by atoms with Crippen molar-refractivity contribution in [2.24, 2.45) is 0 Å². The summed E-state index contributed by atoms with van der Waals surface area (Å²) in [6.07, 6.45) is 0. The molecule has 1 amide bonds. The zero-order valence-electron chi connectivity index (χ0n) is 17.7. The molecule has 3 aromatic carbocycles. The van der Waals surface area contributed by atoms with E-state index in [4.69, 9.17) is 5.10 Å². The molecule has 1 aliphatic rings. The van der Waals surface area contributed by atoms with Gasteiger partial charge in [0.25, 0.3) is 0 Å². The Morgan fingerprint density at radius 1 is 0.906 bits per heavy atom. The van der Waals surface area contributed by atoms with Crippen molar-refractivity contribution in [2.45, 2.75) is 24.3 Å². The first-order chi connectivity index (χ1) is 15.6. The molecule has 1 unspecified atom stereocenters. The maximum Gasteiger partial charge on any atom is 0.237 e. The average molecular weight is 442 g/mol. The fourth-order valence-corrected chi connectivity index (χ4v) is 5.47. The van der Waals surface area contributed by atoms with Crippen molar-refractivity contribution in [1.29, 1.82) is 0 Å². The van der Waals surface area contributed by atoms with Crippen molar-refractivity contribution in [2.75, 3.05) is 5.32 Å². The van der Waals surface area contributed by atoms with E-state index in [2.05, 4.69) is 5.32 Å². The van der Waals surface area contributed by atoms with Gasteiger partial charge in [-0.1, -0.05) is 78.9 Å². The van der Waals surface area contributed by atoms with Crippen LogP contribution < -0.4 is 5.32 Å². The summed E-state index contributed by atoms with van der Waals surface area (Å²) in [5.41, 5.74) is 5.43. The van der Waals surface area contributed by atoms with Crippen LogP contribution in [0.25, 0.3) is 5.69 Å². The predicted octanol–water partition coefficient (Wildman–Crippen LogP) is 4.71. The molecule has 0 bridgehead atoms. The molecule has 0 saturated heterocycles. The number of nitrogens with one attached hydrogen (secondary N) is 1. The molecular weight excluding hydrogens is 418 g/mol. The van der Waals surface area contributed by atoms with Gasteiger partial charge in [0, 0.05) is 16.4 Å². The van der Waals surface area contributed by atoms with Gasteiger partial charge >= 0.3 is 0 Å². The summed E-state index contributed by atoms with van der Waals surface area (Å²) in [6.45, 7) is 2.02. The fraction of sp³-hybridized carbons (Fsp3) is 0.154. The van der Waals surface area contributed by atoms with Crippen LogP contribution in [0, 0.1) is 6.92 Å². The lowest BCUT2D eigenvalue weighted by atomic mass is 9.90. The Labute approximate surface area is 189 Å². The van der Waals surface area contributed by atoms with Crippen LogP contribution in [0.1, 0.15) is 33.9 Å². The van der Waals surface area contributed by atoms with E-state index in [1.54, 1.807) is 4.68 Å². The summed E-state index contributed by atoms with van der Waals surface area (Å²) < 4.78 is 14.0. The Hall–Kier alpha value is -3.51. The van der Waals surface area contributed by atoms with E-state index in [9.17, 15) is 9.00 Å². The third-order valence-corrected chi connectivity index (χ3v) is 6.99. The van der Waals surface area contributed by atoms with Crippen LogP contribution in [0.3, 0.4) is 0 Å². The molecule has 1 aliphatic heterocycles. The SMILES string of the molecule is Cc1ccccc1-n1nc2c(c1NC(=O)C(c1ccccc1)c1ccccc1)CS(=O)C2. The van der Waals surface area contributed by atoms with E-state index in [1.807, 2.05) is 91.9 Å². The topological polar surface area (TPSA) is 64.0 Å². The molecule has 5 nitrogen and oxygen atoms in total. The van der Waals surface area contributed by atoms with Gasteiger partial charge in [0.2, 0.25) is 5.91 Å². The van der Waals surface area contributed by atoms with Gasteiger partial charge in [-0.2, -0.15) is 5.10 Å². The van der Waals surface area contributed by atoms with Crippen LogP contribution in [0.15, 0.2) is 84.9 Å². The molecule has 0 saturated carbocycles. The summed E-state index contributed by atoms with van der Waals surface area (Å²) in [5.74, 6) is 0.815. The third-order valence-electron chi connectivity index (χ3n) is 5.78. The zero-order chi connectivity index (χ0) is 22.1. The molecule has 0 radical (unpaired) electrons. The molecule has 0 aliphatic carbocycles. The van der Waals surface area contributed by atoms with E-state index in [-0.39, 0.29) is 5.91 Å². The van der Waals surface area contributed by atoms with Gasteiger partial charge < -0.3 is 5.32 Å². The maximum atomic E-state index is 13.7. The van der Waals surface area contributed by atoms with Crippen molar-refractivity contribution in [3.63, 3.8) is 0 Å². The van der Waals surface area contributed by atoms with Crippen molar-refractivity contribution >= 4 is 22.5 Å². The van der Waals surface area contributed by atoms with E-state index in [0.717, 1.165) is 33.6 Å². The first-order valence-corrected chi connectivity index (χ1v) is 12.0. The molecule has 160 valence electrons. The molecule has 1 atom stereocenters. The highest BCUT2D eigenvalue weighted by molar-refractivity contribution is 7.83. The number of aryl methyl sites for hydroxylation is 1. The molecule has 0 fully saturated rings. The number of rotatable bonds is 5. The lowest BCUT2D eigenvalue weighted by molar-refractivity contribution is -0.116. The third kappa shape index (κ3) is 3.78. The number of aromatic nitrogens is 2. The number of carbonyl (C=O) groups excluding carboxylic acids is 1. The Balaban J connectivity index is 1.59. The summed E-state index contributed by atoms with van der Waals surface area (Å²) in [6, 6.07) is 27.5. The smallest absolute Gasteiger partial charge is 0.237 e. The summed E-state index contributed by atoms with van der Waals surface area (Å²) in [7, 11) is -0.993. The zero-order valence-corrected chi connectivity index (χ0v) is 18.5. The summed E-state index contributed by atoms with van der Waals surface area (Å²) in [5, 5.41) is 7.90. The van der Waals surface area contributed by atoms with Gasteiger partial charge in [0.1, 0.15) is 5.82 Å². The molecule has 1 N–H and O–H groups in total. The second-order valence-electron chi connectivity index (χ2n) is 7.94. The first kappa shape index (κ1) is 20.4. The van der Waals surface area contributed by atoms with E-state index < -0.39 is 16.7 Å². The number of nitrogens with zero attached hydrogens (tertiary/aromatic N) is 2. The Bertz CT molecular complexity index is 1260. The van der Waals surface area contributed by atoms with E-state index in [0.29, 0.717) is 17.3 Å². The largest absolute Gasteiger partial charge is 0.309 e. The maximum absolute atomic E-state index is 13.7. The van der Waals surface area contributed by atoms with Gasteiger partial charge in [-0.25, -0.2) is 4.68 Å². The molecule has 2 heterocycles. The minimum atomic E-state index is -0.993. The number of fused-ring (bicyclic) bond motifs is 1. The van der Waals surface area contributed by atoms with Crippen molar-refractivity contribution in [1.82, 2.24) is 9.78 Å². The van der Waals surface area contributed by atoms with Crippen LogP contribution in [0.2, 0.25) is 0 Å². The van der Waals surface area contributed by atoms with Gasteiger partial charge in [-0.15, -0.1) is 0 Å². The number of amides is 1. The van der Waals surface area contributed by atoms with Gasteiger partial charge in [-0.3, -0.25) is 9.00 Å². The lowest BCUT2D eigenvalue weighted by Crippen LogP contribution is -2.24. The Morgan fingerprint density at radius 3 is 2.12 bits per heavy atom. The molecule has 1 aromatic heterocycles. The van der Waals surface area contributed by atoms with Crippen molar-refractivity contribution in [3.8, 4) is 5.69 Å². The second kappa shape index (κ2) is 8.55. The predicted molar refractivity (Wildman–Crippen MR) is 127 cm³/mol. The van der Waals surface area contributed by atoms with Gasteiger partial charge in [0.05, 0.1) is 28.8 Å². The number of anilines is 1. The van der Waals surface area contributed by atoms with Crippen molar-refractivity contribution < 1.29 is 9.00 Å². The monoisotopic (exact) mass is 441 g/mol. The number of para-hydroxylation sites is 1. The molecule has 32 heavy (non-hydrogen) atoms. The molecule has 6 heteroatoms. The molecule has 4 aromatic rings. The Kier molecular flexibility index (Phi) is 5.45. The van der Waals surface area contributed by atoms with Crippen LogP contribution in [-0.2, 0) is 27.1 Å². The summed E-state index contributed by atoms with van der Waals surface area (Å²) >= 11 is 0. The second-order valence-corrected chi connectivity index (χ2v) is 9.40. The lowest BCUT2D eigenvalue weighted by Gasteiger charge is -2.19. The van der Waals surface area contributed by atoms with Gasteiger partial charge in [-0.05, 0) is 29.7 Å². The number of benzene rings is 3. The van der Waals surface area contributed by atoms with Crippen LogP contribution in [0.4, 0.5) is 5.82 Å². The molecular formula is C26H23N3O2S. The fourth-order valence-electron chi connectivity index (χ4n) is 4.21. The van der Waals surface area contributed by atoms with Gasteiger partial charge in [0.15, 0.2) is 0 Å². The standard InChI is InChI=1S/C26H23N3O2S/c1-18-10-8-9-15-23(18)29-25(21-16-32(31)17-22(21)28-29)27-26(30)24(19-11-4-2-5-12-19)20-13-6-3-7-14-20/h2-15,24H,16-17H2,1H3,(H,27,30). The Morgan fingerprint density at radius 2 is 1.50 bits per heavy atom. The first-order valence-electron chi connectivity index (χ1n) is 10.5. The summed E-state index contributed by atoms with van der Waals surface area (Å²) in [4.78, 5) is 13.7. The highest BCUT2D eigenvalue weighted by Crippen LogP contribution is 2.34.